The summed E-state index contributed by atoms with van der Waals surface area (Å²) in [6.45, 7) is 0.288. The Labute approximate surface area is 153 Å². The first-order chi connectivity index (χ1) is 12.3. The van der Waals surface area contributed by atoms with Crippen LogP contribution in [0.3, 0.4) is 0 Å². The third kappa shape index (κ3) is 5.84. The van der Waals surface area contributed by atoms with E-state index < -0.39 is 17.6 Å². The number of anilines is 1. The van der Waals surface area contributed by atoms with E-state index >= 15 is 0 Å². The van der Waals surface area contributed by atoms with Crippen LogP contribution in [0.15, 0.2) is 42.5 Å². The van der Waals surface area contributed by atoms with Crippen molar-refractivity contribution in [2.45, 2.75) is 19.0 Å². The Morgan fingerprint density at radius 3 is 2.38 bits per heavy atom. The molecule has 1 N–H and O–H groups in total. The highest BCUT2D eigenvalue weighted by molar-refractivity contribution is 6.33. The lowest BCUT2D eigenvalue weighted by atomic mass is 10.2. The minimum atomic E-state index is -4.50. The van der Waals surface area contributed by atoms with Gasteiger partial charge >= 0.3 is 6.18 Å². The van der Waals surface area contributed by atoms with Crippen LogP contribution in [0.4, 0.5) is 18.9 Å². The molecular formula is C18H17ClF3NO3. The third-order valence-electron chi connectivity index (χ3n) is 3.44. The molecule has 140 valence electrons. The smallest absolute Gasteiger partial charge is 0.416 e. The van der Waals surface area contributed by atoms with Gasteiger partial charge in [0.05, 0.1) is 30.0 Å². The molecule has 8 heteroatoms. The van der Waals surface area contributed by atoms with Gasteiger partial charge in [-0.15, -0.1) is 0 Å². The van der Waals surface area contributed by atoms with Crippen LogP contribution in [0, 0.1) is 0 Å². The lowest BCUT2D eigenvalue weighted by Gasteiger charge is -2.12. The summed E-state index contributed by atoms with van der Waals surface area (Å²) in [6, 6.07) is 9.75. The van der Waals surface area contributed by atoms with Gasteiger partial charge in [0.15, 0.2) is 0 Å². The van der Waals surface area contributed by atoms with Gasteiger partial charge in [-0.3, -0.25) is 4.79 Å². The van der Waals surface area contributed by atoms with Crippen LogP contribution in [0.5, 0.6) is 11.5 Å². The molecule has 2 aromatic rings. The number of benzene rings is 2. The number of amides is 1. The van der Waals surface area contributed by atoms with Gasteiger partial charge < -0.3 is 14.8 Å². The van der Waals surface area contributed by atoms with Gasteiger partial charge in [-0.2, -0.15) is 13.2 Å². The van der Waals surface area contributed by atoms with E-state index in [1.54, 1.807) is 31.4 Å². The van der Waals surface area contributed by atoms with Crippen LogP contribution < -0.4 is 14.8 Å². The molecule has 0 aliphatic rings. The van der Waals surface area contributed by atoms with E-state index in [1.807, 2.05) is 0 Å². The maximum atomic E-state index is 12.7. The molecule has 0 saturated heterocycles. The summed E-state index contributed by atoms with van der Waals surface area (Å²) in [5, 5.41) is 2.44. The van der Waals surface area contributed by atoms with Crippen molar-refractivity contribution in [3.8, 4) is 11.5 Å². The number of carbonyl (C=O) groups is 1. The average molecular weight is 388 g/mol. The molecule has 0 aromatic heterocycles. The highest BCUT2D eigenvalue weighted by Crippen LogP contribution is 2.33. The molecule has 0 saturated carbocycles. The van der Waals surface area contributed by atoms with Crippen molar-refractivity contribution >= 4 is 23.2 Å². The zero-order chi connectivity index (χ0) is 19.2. The van der Waals surface area contributed by atoms with Gasteiger partial charge in [0.2, 0.25) is 5.91 Å². The first kappa shape index (κ1) is 19.9. The molecule has 0 heterocycles. The Bertz CT molecular complexity index is 748. The van der Waals surface area contributed by atoms with E-state index in [2.05, 4.69) is 5.32 Å². The van der Waals surface area contributed by atoms with Gasteiger partial charge in [0.1, 0.15) is 11.5 Å². The van der Waals surface area contributed by atoms with E-state index in [0.717, 1.165) is 18.2 Å². The first-order valence-electron chi connectivity index (χ1n) is 7.73. The molecular weight excluding hydrogens is 371 g/mol. The fraction of sp³-hybridized carbons (Fsp3) is 0.278. The Morgan fingerprint density at radius 1 is 1.12 bits per heavy atom. The van der Waals surface area contributed by atoms with Gasteiger partial charge in [-0.25, -0.2) is 0 Å². The quantitative estimate of drug-likeness (QED) is 0.667. The average Bonchev–Trinajstić information content (AvgIpc) is 2.60. The van der Waals surface area contributed by atoms with Crippen LogP contribution in [0.25, 0.3) is 0 Å². The van der Waals surface area contributed by atoms with Crippen LogP contribution in [0.1, 0.15) is 18.4 Å². The molecule has 0 aliphatic heterocycles. The van der Waals surface area contributed by atoms with Gasteiger partial charge in [-0.1, -0.05) is 11.6 Å². The standard InChI is InChI=1S/C18H17ClF3NO3/c1-25-13-5-7-14(8-6-13)26-10-2-3-17(24)23-16-11-12(18(20,21)22)4-9-15(16)19/h4-9,11H,2-3,10H2,1H3,(H,23,24). The zero-order valence-electron chi connectivity index (χ0n) is 13.9. The van der Waals surface area contributed by atoms with Crippen LogP contribution in [-0.4, -0.2) is 19.6 Å². The minimum absolute atomic E-state index is 0.0424. The molecule has 0 aliphatic carbocycles. The largest absolute Gasteiger partial charge is 0.497 e. The number of ether oxygens (including phenoxy) is 2. The lowest BCUT2D eigenvalue weighted by Crippen LogP contribution is -2.14. The van der Waals surface area contributed by atoms with Gasteiger partial charge in [0.25, 0.3) is 0 Å². The Morgan fingerprint density at radius 2 is 1.77 bits per heavy atom. The number of carbonyl (C=O) groups excluding carboxylic acids is 1. The normalized spacial score (nSPS) is 11.1. The number of hydrogen-bond donors (Lipinski definition) is 1. The van der Waals surface area contributed by atoms with Crippen molar-refractivity contribution in [2.24, 2.45) is 0 Å². The Kier molecular flexibility index (Phi) is 6.74. The van der Waals surface area contributed by atoms with Crippen LogP contribution in [0.2, 0.25) is 5.02 Å². The van der Waals surface area contributed by atoms with Crippen LogP contribution >= 0.6 is 11.6 Å². The summed E-state index contributed by atoms with van der Waals surface area (Å²) >= 11 is 5.84. The molecule has 0 atom stereocenters. The summed E-state index contributed by atoms with van der Waals surface area (Å²) in [7, 11) is 1.56. The highest BCUT2D eigenvalue weighted by Gasteiger charge is 2.31. The van der Waals surface area contributed by atoms with Crippen LogP contribution in [-0.2, 0) is 11.0 Å². The molecule has 2 aromatic carbocycles. The summed E-state index contributed by atoms with van der Waals surface area (Å²) < 4.78 is 48.7. The number of methoxy groups -OCH3 is 1. The second-order valence-electron chi connectivity index (χ2n) is 5.37. The highest BCUT2D eigenvalue weighted by atomic mass is 35.5. The molecule has 0 radical (unpaired) electrons. The molecule has 0 fully saturated rings. The Balaban J connectivity index is 1.81. The Hall–Kier alpha value is -2.41. The number of nitrogens with one attached hydrogen (secondary N) is 1. The molecule has 1 amide bonds. The molecule has 4 nitrogen and oxygen atoms in total. The van der Waals surface area contributed by atoms with Crippen molar-refractivity contribution in [3.05, 3.63) is 53.1 Å². The van der Waals surface area contributed by atoms with E-state index in [1.165, 1.54) is 0 Å². The van der Waals surface area contributed by atoms with Crippen molar-refractivity contribution < 1.29 is 27.4 Å². The van der Waals surface area contributed by atoms with Crippen molar-refractivity contribution in [3.63, 3.8) is 0 Å². The number of halogens is 4. The number of rotatable bonds is 7. The first-order valence-corrected chi connectivity index (χ1v) is 8.11. The minimum Gasteiger partial charge on any atom is -0.497 e. The summed E-state index contributed by atoms with van der Waals surface area (Å²) in [4.78, 5) is 11.9. The summed E-state index contributed by atoms with van der Waals surface area (Å²) in [5.74, 6) is 0.895. The molecule has 2 rings (SSSR count). The van der Waals surface area contributed by atoms with E-state index in [-0.39, 0.29) is 23.7 Å². The monoisotopic (exact) mass is 387 g/mol. The topological polar surface area (TPSA) is 47.6 Å². The van der Waals surface area contributed by atoms with Gasteiger partial charge in [-0.05, 0) is 48.9 Å². The van der Waals surface area contributed by atoms with E-state index in [4.69, 9.17) is 21.1 Å². The van der Waals surface area contributed by atoms with Crippen molar-refractivity contribution in [2.75, 3.05) is 19.0 Å². The fourth-order valence-electron chi connectivity index (χ4n) is 2.10. The lowest BCUT2D eigenvalue weighted by molar-refractivity contribution is -0.137. The predicted octanol–water partition coefficient (Wildman–Crippen LogP) is 5.17. The molecule has 0 unspecified atom stereocenters. The van der Waals surface area contributed by atoms with Gasteiger partial charge in [0, 0.05) is 6.42 Å². The van der Waals surface area contributed by atoms with Crippen molar-refractivity contribution in [1.82, 2.24) is 0 Å². The maximum absolute atomic E-state index is 12.7. The second-order valence-corrected chi connectivity index (χ2v) is 5.78. The third-order valence-corrected chi connectivity index (χ3v) is 3.77. The summed E-state index contributed by atoms with van der Waals surface area (Å²) in [5.41, 5.74) is -0.942. The number of hydrogen-bond acceptors (Lipinski definition) is 3. The van der Waals surface area contributed by atoms with E-state index in [9.17, 15) is 18.0 Å². The molecule has 0 bridgehead atoms. The molecule has 26 heavy (non-hydrogen) atoms. The predicted molar refractivity (Wildman–Crippen MR) is 92.8 cm³/mol. The maximum Gasteiger partial charge on any atom is 0.416 e. The fourth-order valence-corrected chi connectivity index (χ4v) is 2.27. The summed E-state index contributed by atoms with van der Waals surface area (Å²) in [6.07, 6.45) is -4.02. The van der Waals surface area contributed by atoms with E-state index in [0.29, 0.717) is 17.9 Å². The molecule has 0 spiro atoms. The van der Waals surface area contributed by atoms with Crippen molar-refractivity contribution in [1.29, 1.82) is 0 Å². The SMILES string of the molecule is COc1ccc(OCCCC(=O)Nc2cc(C(F)(F)F)ccc2Cl)cc1. The number of alkyl halides is 3. The zero-order valence-corrected chi connectivity index (χ0v) is 14.7. The second kappa shape index (κ2) is 8.80.